The van der Waals surface area contributed by atoms with Crippen LogP contribution in [0.1, 0.15) is 32.6 Å². The number of alkyl halides is 1. The van der Waals surface area contributed by atoms with Crippen molar-refractivity contribution in [3.8, 4) is 0 Å². The second kappa shape index (κ2) is 4.24. The van der Waals surface area contributed by atoms with E-state index >= 15 is 0 Å². The maximum absolute atomic E-state index is 11.3. The van der Waals surface area contributed by atoms with Gasteiger partial charge in [0.25, 0.3) is 0 Å². The van der Waals surface area contributed by atoms with Crippen LogP contribution in [0.4, 0.5) is 0 Å². The van der Waals surface area contributed by atoms with E-state index in [1.807, 2.05) is 0 Å². The summed E-state index contributed by atoms with van der Waals surface area (Å²) in [4.78, 5) is 11.3. The minimum Gasteiger partial charge on any atom is -0.298 e. The van der Waals surface area contributed by atoms with Gasteiger partial charge in [-0.15, -0.1) is 0 Å². The van der Waals surface area contributed by atoms with E-state index in [1.165, 1.54) is 12.8 Å². The number of carbonyl (C=O) groups is 1. The lowest BCUT2D eigenvalue weighted by Gasteiger charge is -2.24. The summed E-state index contributed by atoms with van der Waals surface area (Å²) in [7, 11) is 0. The predicted octanol–water partition coefficient (Wildman–Crippen LogP) is 2.78. The third-order valence-corrected chi connectivity index (χ3v) is 3.08. The van der Waals surface area contributed by atoms with Gasteiger partial charge in [0.1, 0.15) is 5.78 Å². The van der Waals surface area contributed by atoms with Gasteiger partial charge in [-0.05, 0) is 18.8 Å². The standard InChI is InChI=1S/C9H15BrO/c1-7-3-2-4-8(5-7)9(11)6-10/h7-8H,2-6H2,1H3. The summed E-state index contributed by atoms with van der Waals surface area (Å²) in [6.07, 6.45) is 4.79. The zero-order valence-electron chi connectivity index (χ0n) is 6.98. The highest BCUT2D eigenvalue weighted by atomic mass is 79.9. The molecule has 2 heteroatoms. The fourth-order valence-corrected chi connectivity index (χ4v) is 2.29. The van der Waals surface area contributed by atoms with Crippen LogP contribution in [0.25, 0.3) is 0 Å². The molecule has 0 aliphatic heterocycles. The SMILES string of the molecule is CC1CCCC(C(=O)CBr)C1. The molecule has 11 heavy (non-hydrogen) atoms. The minimum absolute atomic E-state index is 0.359. The summed E-state index contributed by atoms with van der Waals surface area (Å²) >= 11 is 3.22. The van der Waals surface area contributed by atoms with Crippen LogP contribution in [-0.4, -0.2) is 11.1 Å². The quantitative estimate of drug-likeness (QED) is 0.652. The maximum atomic E-state index is 11.3. The van der Waals surface area contributed by atoms with Gasteiger partial charge >= 0.3 is 0 Å². The summed E-state index contributed by atoms with van der Waals surface area (Å²) in [6.45, 7) is 2.24. The third kappa shape index (κ3) is 2.58. The lowest BCUT2D eigenvalue weighted by atomic mass is 9.81. The molecular weight excluding hydrogens is 204 g/mol. The number of hydrogen-bond acceptors (Lipinski definition) is 1. The molecular formula is C9H15BrO. The van der Waals surface area contributed by atoms with Crippen LogP contribution < -0.4 is 0 Å². The smallest absolute Gasteiger partial charge is 0.146 e. The van der Waals surface area contributed by atoms with Crippen molar-refractivity contribution in [2.45, 2.75) is 32.6 Å². The van der Waals surface area contributed by atoms with Gasteiger partial charge in [0.2, 0.25) is 0 Å². The Hall–Kier alpha value is 0.150. The van der Waals surface area contributed by atoms with E-state index in [9.17, 15) is 4.79 Å². The first-order chi connectivity index (χ1) is 5.24. The Labute approximate surface area is 76.7 Å². The molecule has 1 nitrogen and oxygen atoms in total. The monoisotopic (exact) mass is 218 g/mol. The second-order valence-corrected chi connectivity index (χ2v) is 4.13. The van der Waals surface area contributed by atoms with E-state index in [0.717, 1.165) is 18.8 Å². The highest BCUT2D eigenvalue weighted by molar-refractivity contribution is 9.09. The highest BCUT2D eigenvalue weighted by Gasteiger charge is 2.23. The van der Waals surface area contributed by atoms with Crippen molar-refractivity contribution in [2.24, 2.45) is 11.8 Å². The number of Topliss-reactive ketones (excluding diaryl/α,β-unsaturated/α-hetero) is 1. The van der Waals surface area contributed by atoms with E-state index in [1.54, 1.807) is 0 Å². The van der Waals surface area contributed by atoms with Gasteiger partial charge in [-0.25, -0.2) is 0 Å². The molecule has 0 bridgehead atoms. The largest absolute Gasteiger partial charge is 0.298 e. The Bertz CT molecular complexity index is 144. The van der Waals surface area contributed by atoms with Gasteiger partial charge in [0, 0.05) is 5.92 Å². The molecule has 2 unspecified atom stereocenters. The van der Waals surface area contributed by atoms with E-state index in [2.05, 4.69) is 22.9 Å². The van der Waals surface area contributed by atoms with Crippen molar-refractivity contribution in [1.82, 2.24) is 0 Å². The Morgan fingerprint density at radius 2 is 2.27 bits per heavy atom. The average molecular weight is 219 g/mol. The van der Waals surface area contributed by atoms with Gasteiger partial charge in [0.15, 0.2) is 0 Å². The van der Waals surface area contributed by atoms with Crippen LogP contribution in [0.3, 0.4) is 0 Å². The number of hydrogen-bond donors (Lipinski definition) is 0. The summed E-state index contributed by atoms with van der Waals surface area (Å²) in [5.41, 5.74) is 0. The molecule has 64 valence electrons. The topological polar surface area (TPSA) is 17.1 Å². The summed E-state index contributed by atoms with van der Waals surface area (Å²) in [5.74, 6) is 1.52. The van der Waals surface area contributed by atoms with Crippen molar-refractivity contribution >= 4 is 21.7 Å². The van der Waals surface area contributed by atoms with Crippen LogP contribution in [0.15, 0.2) is 0 Å². The molecule has 0 heterocycles. The predicted molar refractivity (Wildman–Crippen MR) is 49.9 cm³/mol. The van der Waals surface area contributed by atoms with Crippen LogP contribution in [-0.2, 0) is 4.79 Å². The van der Waals surface area contributed by atoms with Crippen molar-refractivity contribution < 1.29 is 4.79 Å². The van der Waals surface area contributed by atoms with Crippen molar-refractivity contribution in [2.75, 3.05) is 5.33 Å². The molecule has 1 aliphatic rings. The van der Waals surface area contributed by atoms with Gasteiger partial charge in [-0.1, -0.05) is 35.7 Å². The Morgan fingerprint density at radius 3 is 2.82 bits per heavy atom. The molecule has 0 spiro atoms. The molecule has 0 radical (unpaired) electrons. The molecule has 0 saturated heterocycles. The fraction of sp³-hybridized carbons (Fsp3) is 0.889. The van der Waals surface area contributed by atoms with Crippen LogP contribution in [0.2, 0.25) is 0 Å². The average Bonchev–Trinajstić information content (AvgIpc) is 2.03. The second-order valence-electron chi connectivity index (χ2n) is 3.57. The van der Waals surface area contributed by atoms with E-state index in [-0.39, 0.29) is 0 Å². The normalized spacial score (nSPS) is 31.8. The van der Waals surface area contributed by atoms with Gasteiger partial charge in [-0.3, -0.25) is 4.79 Å². The number of halogens is 1. The molecule has 1 rings (SSSR count). The molecule has 0 aromatic rings. The summed E-state index contributed by atoms with van der Waals surface area (Å²) in [6, 6.07) is 0. The van der Waals surface area contributed by atoms with Crippen molar-refractivity contribution in [1.29, 1.82) is 0 Å². The third-order valence-electron chi connectivity index (χ3n) is 2.52. The van der Waals surface area contributed by atoms with Crippen molar-refractivity contribution in [3.63, 3.8) is 0 Å². The fourth-order valence-electron chi connectivity index (χ4n) is 1.84. The van der Waals surface area contributed by atoms with E-state index in [4.69, 9.17) is 0 Å². The summed E-state index contributed by atoms with van der Waals surface area (Å²) in [5, 5.41) is 0.546. The highest BCUT2D eigenvalue weighted by Crippen LogP contribution is 2.29. The molecule has 0 aromatic heterocycles. The molecule has 1 saturated carbocycles. The number of rotatable bonds is 2. The first-order valence-corrected chi connectivity index (χ1v) is 5.45. The maximum Gasteiger partial charge on any atom is 0.146 e. The molecule has 2 atom stereocenters. The zero-order chi connectivity index (χ0) is 8.27. The Kier molecular flexibility index (Phi) is 3.57. The van der Waals surface area contributed by atoms with E-state index < -0.39 is 0 Å². The Balaban J connectivity index is 2.39. The molecule has 0 amide bonds. The molecule has 1 fully saturated rings. The van der Waals surface area contributed by atoms with Gasteiger partial charge in [-0.2, -0.15) is 0 Å². The first kappa shape index (κ1) is 9.24. The first-order valence-electron chi connectivity index (χ1n) is 4.32. The van der Waals surface area contributed by atoms with Crippen molar-refractivity contribution in [3.05, 3.63) is 0 Å². The number of carbonyl (C=O) groups excluding carboxylic acids is 1. The lowest BCUT2D eigenvalue weighted by Crippen LogP contribution is -2.22. The van der Waals surface area contributed by atoms with Crippen LogP contribution in [0, 0.1) is 11.8 Å². The van der Waals surface area contributed by atoms with Gasteiger partial charge < -0.3 is 0 Å². The molecule has 0 N–H and O–H groups in total. The summed E-state index contributed by atoms with van der Waals surface area (Å²) < 4.78 is 0. The zero-order valence-corrected chi connectivity index (χ0v) is 8.56. The van der Waals surface area contributed by atoms with E-state index in [0.29, 0.717) is 17.0 Å². The number of ketones is 1. The van der Waals surface area contributed by atoms with Crippen LogP contribution in [0.5, 0.6) is 0 Å². The van der Waals surface area contributed by atoms with Gasteiger partial charge in [0.05, 0.1) is 5.33 Å². The van der Waals surface area contributed by atoms with Crippen LogP contribution >= 0.6 is 15.9 Å². The molecule has 0 aromatic carbocycles. The Morgan fingerprint density at radius 1 is 1.55 bits per heavy atom. The molecule has 1 aliphatic carbocycles. The minimum atomic E-state index is 0.359. The lowest BCUT2D eigenvalue weighted by molar-refractivity contribution is -0.121.